The maximum Gasteiger partial charge on any atom is 0.0608 e. The molecule has 0 amide bonds. The van der Waals surface area contributed by atoms with Gasteiger partial charge in [0.05, 0.1) is 6.10 Å². The van der Waals surface area contributed by atoms with Crippen LogP contribution in [0, 0.1) is 25.7 Å². The highest BCUT2D eigenvalue weighted by Crippen LogP contribution is 2.33. The van der Waals surface area contributed by atoms with Gasteiger partial charge in [0.1, 0.15) is 0 Å². The molecular weight excluding hydrogens is 208 g/mol. The molecule has 0 radical (unpaired) electrons. The van der Waals surface area contributed by atoms with Gasteiger partial charge in [-0.25, -0.2) is 0 Å². The molecule has 1 aliphatic rings. The van der Waals surface area contributed by atoms with E-state index in [9.17, 15) is 5.11 Å². The van der Waals surface area contributed by atoms with Crippen LogP contribution in [0.15, 0.2) is 18.2 Å². The minimum Gasteiger partial charge on any atom is -0.392 e. The molecule has 2 rings (SSSR count). The molecule has 0 aromatic heterocycles. The lowest BCUT2D eigenvalue weighted by atomic mass is 9.91. The van der Waals surface area contributed by atoms with Gasteiger partial charge in [-0.1, -0.05) is 37.1 Å². The smallest absolute Gasteiger partial charge is 0.0608 e. The van der Waals surface area contributed by atoms with Gasteiger partial charge in [-0.05, 0) is 56.1 Å². The lowest BCUT2D eigenvalue weighted by Crippen LogP contribution is -2.21. The summed E-state index contributed by atoms with van der Waals surface area (Å²) >= 11 is 0. The van der Waals surface area contributed by atoms with Crippen LogP contribution in [0.4, 0.5) is 0 Å². The van der Waals surface area contributed by atoms with Crippen molar-refractivity contribution in [3.05, 3.63) is 34.9 Å². The molecule has 3 unspecified atom stereocenters. The largest absolute Gasteiger partial charge is 0.392 e. The predicted octanol–water partition coefficient (Wildman–Crippen LogP) is 3.64. The third-order valence-corrected chi connectivity index (χ3v) is 4.21. The maximum absolute atomic E-state index is 10.3. The van der Waals surface area contributed by atoms with Gasteiger partial charge in [-0.2, -0.15) is 0 Å². The van der Waals surface area contributed by atoms with Crippen LogP contribution in [-0.4, -0.2) is 11.2 Å². The Hall–Kier alpha value is -0.820. The van der Waals surface area contributed by atoms with Crippen LogP contribution in [0.25, 0.3) is 0 Å². The second-order valence-corrected chi connectivity index (χ2v) is 5.88. The number of aliphatic hydroxyl groups is 1. The minimum atomic E-state index is -0.152. The van der Waals surface area contributed by atoms with Crippen molar-refractivity contribution in [1.82, 2.24) is 0 Å². The van der Waals surface area contributed by atoms with Gasteiger partial charge in [0.2, 0.25) is 0 Å². The normalized spacial score (nSPS) is 26.1. The second kappa shape index (κ2) is 5.22. The molecule has 1 N–H and O–H groups in total. The fourth-order valence-corrected chi connectivity index (χ4v) is 3.01. The lowest BCUT2D eigenvalue weighted by Gasteiger charge is -2.19. The van der Waals surface area contributed by atoms with Crippen LogP contribution in [-0.2, 0) is 6.42 Å². The van der Waals surface area contributed by atoms with Crippen molar-refractivity contribution in [1.29, 1.82) is 0 Å². The first-order valence-corrected chi connectivity index (χ1v) is 6.80. The van der Waals surface area contributed by atoms with Gasteiger partial charge in [0.15, 0.2) is 0 Å². The van der Waals surface area contributed by atoms with Crippen molar-refractivity contribution in [2.45, 2.75) is 52.6 Å². The van der Waals surface area contributed by atoms with E-state index in [2.05, 4.69) is 39.0 Å². The van der Waals surface area contributed by atoms with Crippen LogP contribution < -0.4 is 0 Å². The zero-order chi connectivity index (χ0) is 12.4. The van der Waals surface area contributed by atoms with E-state index in [1.807, 2.05) is 0 Å². The first kappa shape index (κ1) is 12.6. The van der Waals surface area contributed by atoms with Crippen molar-refractivity contribution in [2.24, 2.45) is 11.8 Å². The molecule has 0 aliphatic heterocycles. The zero-order valence-corrected chi connectivity index (χ0v) is 11.2. The van der Waals surface area contributed by atoms with Crippen molar-refractivity contribution in [3.63, 3.8) is 0 Å². The average molecular weight is 232 g/mol. The number of aliphatic hydroxyl groups excluding tert-OH is 1. The summed E-state index contributed by atoms with van der Waals surface area (Å²) in [7, 11) is 0. The lowest BCUT2D eigenvalue weighted by molar-refractivity contribution is 0.109. The van der Waals surface area contributed by atoms with Crippen LogP contribution in [0.1, 0.15) is 42.9 Å². The fraction of sp³-hybridized carbons (Fsp3) is 0.625. The van der Waals surface area contributed by atoms with Crippen molar-refractivity contribution in [3.8, 4) is 0 Å². The van der Waals surface area contributed by atoms with Gasteiger partial charge in [0.25, 0.3) is 0 Å². The third kappa shape index (κ3) is 3.10. The highest BCUT2D eigenvalue weighted by atomic mass is 16.3. The second-order valence-electron chi connectivity index (χ2n) is 5.88. The van der Waals surface area contributed by atoms with E-state index in [4.69, 9.17) is 0 Å². The average Bonchev–Trinajstić information content (AvgIpc) is 2.70. The molecule has 1 aliphatic carbocycles. The van der Waals surface area contributed by atoms with E-state index < -0.39 is 0 Å². The molecule has 94 valence electrons. The van der Waals surface area contributed by atoms with Crippen LogP contribution in [0.2, 0.25) is 0 Å². The topological polar surface area (TPSA) is 20.2 Å². The van der Waals surface area contributed by atoms with Gasteiger partial charge < -0.3 is 5.11 Å². The molecule has 1 aromatic rings. The Morgan fingerprint density at radius 3 is 2.71 bits per heavy atom. The van der Waals surface area contributed by atoms with Crippen molar-refractivity contribution in [2.75, 3.05) is 0 Å². The van der Waals surface area contributed by atoms with E-state index in [0.29, 0.717) is 5.92 Å². The summed E-state index contributed by atoms with van der Waals surface area (Å²) < 4.78 is 0. The Morgan fingerprint density at radius 1 is 1.29 bits per heavy atom. The van der Waals surface area contributed by atoms with Gasteiger partial charge in [-0.15, -0.1) is 0 Å². The molecule has 3 atom stereocenters. The van der Waals surface area contributed by atoms with Gasteiger partial charge in [0, 0.05) is 0 Å². The highest BCUT2D eigenvalue weighted by molar-refractivity contribution is 5.31. The number of rotatable bonds is 3. The summed E-state index contributed by atoms with van der Waals surface area (Å²) in [6.07, 6.45) is 4.36. The molecule has 0 heterocycles. The first-order chi connectivity index (χ1) is 8.06. The van der Waals surface area contributed by atoms with E-state index in [0.717, 1.165) is 12.3 Å². The fourth-order valence-electron chi connectivity index (χ4n) is 3.01. The van der Waals surface area contributed by atoms with E-state index in [1.54, 1.807) is 0 Å². The molecule has 0 bridgehead atoms. The molecule has 1 saturated carbocycles. The molecule has 1 nitrogen and oxygen atoms in total. The molecule has 1 fully saturated rings. The Labute approximate surface area is 105 Å². The summed E-state index contributed by atoms with van der Waals surface area (Å²) in [6.45, 7) is 6.55. The number of hydrogen-bond acceptors (Lipinski definition) is 1. The van der Waals surface area contributed by atoms with Crippen LogP contribution in [0.5, 0.6) is 0 Å². The number of hydrogen-bond donors (Lipinski definition) is 1. The van der Waals surface area contributed by atoms with Gasteiger partial charge >= 0.3 is 0 Å². The van der Waals surface area contributed by atoms with Crippen molar-refractivity contribution < 1.29 is 5.11 Å². The molecule has 1 heteroatoms. The third-order valence-electron chi connectivity index (χ3n) is 4.21. The first-order valence-electron chi connectivity index (χ1n) is 6.80. The summed E-state index contributed by atoms with van der Waals surface area (Å²) in [6, 6.07) is 6.52. The maximum atomic E-state index is 10.3. The molecule has 0 saturated heterocycles. The standard InChI is InChI=1S/C16H24O/c1-11-4-6-13(3)15(9-11)10-16(17)14-7-5-12(2)8-14/h4,6,9,12,14,16-17H,5,7-8,10H2,1-3H3. The molecule has 17 heavy (non-hydrogen) atoms. The van der Waals surface area contributed by atoms with Gasteiger partial charge in [-0.3, -0.25) is 0 Å². The quantitative estimate of drug-likeness (QED) is 0.843. The highest BCUT2D eigenvalue weighted by Gasteiger charge is 2.27. The summed E-state index contributed by atoms with van der Waals surface area (Å²) in [5.41, 5.74) is 3.91. The molecular formula is C16H24O. The summed E-state index contributed by atoms with van der Waals surface area (Å²) in [5.74, 6) is 1.32. The summed E-state index contributed by atoms with van der Waals surface area (Å²) in [5, 5.41) is 10.3. The SMILES string of the molecule is Cc1ccc(C)c(CC(O)C2CCC(C)C2)c1. The van der Waals surface area contributed by atoms with Crippen LogP contribution in [0.3, 0.4) is 0 Å². The van der Waals surface area contributed by atoms with E-state index in [-0.39, 0.29) is 6.10 Å². The Morgan fingerprint density at radius 2 is 2.06 bits per heavy atom. The van der Waals surface area contributed by atoms with Crippen LogP contribution >= 0.6 is 0 Å². The molecule has 1 aromatic carbocycles. The van der Waals surface area contributed by atoms with E-state index >= 15 is 0 Å². The Kier molecular flexibility index (Phi) is 3.88. The number of benzene rings is 1. The number of aryl methyl sites for hydroxylation is 2. The Balaban J connectivity index is 2.02. The zero-order valence-electron chi connectivity index (χ0n) is 11.2. The van der Waals surface area contributed by atoms with Crippen molar-refractivity contribution >= 4 is 0 Å². The van der Waals surface area contributed by atoms with E-state index in [1.165, 1.54) is 36.0 Å². The molecule has 0 spiro atoms. The summed E-state index contributed by atoms with van der Waals surface area (Å²) in [4.78, 5) is 0. The minimum absolute atomic E-state index is 0.152. The Bertz CT molecular complexity index is 383. The monoisotopic (exact) mass is 232 g/mol. The predicted molar refractivity (Wildman–Crippen MR) is 72.1 cm³/mol.